The fourth-order valence-electron chi connectivity index (χ4n) is 1.56. The highest BCUT2D eigenvalue weighted by Crippen LogP contribution is 2.48. The Hall–Kier alpha value is -0.340. The molecule has 1 heterocycles. The molecule has 2 rings (SSSR count). The maximum atomic E-state index is 5.89. The molecule has 0 bridgehead atoms. The molecule has 1 nitrogen and oxygen atoms in total. The minimum Gasteiger partial charge on any atom is -0.327 e. The fraction of sp³-hybridized carbons (Fsp3) is 0.600. The van der Waals surface area contributed by atoms with Crippen molar-refractivity contribution < 1.29 is 0 Å². The standard InChI is InChI=1S/C10H15NS/c1-3-7-4-5-9(12-7)10(2)6-8(10)11/h4-5,8H,3,6,11H2,1-2H3. The third kappa shape index (κ3) is 1.10. The molecule has 0 saturated heterocycles. The molecule has 2 heteroatoms. The zero-order valence-corrected chi connectivity index (χ0v) is 8.45. The van der Waals surface area contributed by atoms with E-state index in [1.807, 2.05) is 11.3 Å². The van der Waals surface area contributed by atoms with Crippen LogP contribution in [0.2, 0.25) is 0 Å². The highest BCUT2D eigenvalue weighted by Gasteiger charge is 2.49. The van der Waals surface area contributed by atoms with Gasteiger partial charge in [-0.2, -0.15) is 0 Å². The summed E-state index contributed by atoms with van der Waals surface area (Å²) in [4.78, 5) is 2.96. The minimum absolute atomic E-state index is 0.318. The van der Waals surface area contributed by atoms with E-state index in [1.54, 1.807) is 0 Å². The highest BCUT2D eigenvalue weighted by molar-refractivity contribution is 7.12. The molecule has 1 fully saturated rings. The summed E-state index contributed by atoms with van der Waals surface area (Å²) in [5.41, 5.74) is 6.21. The summed E-state index contributed by atoms with van der Waals surface area (Å²) < 4.78 is 0. The van der Waals surface area contributed by atoms with E-state index in [0.29, 0.717) is 11.5 Å². The smallest absolute Gasteiger partial charge is 0.0185 e. The zero-order chi connectivity index (χ0) is 8.77. The normalized spacial score (nSPS) is 33.8. The van der Waals surface area contributed by atoms with Crippen LogP contribution in [-0.2, 0) is 11.8 Å². The Morgan fingerprint density at radius 2 is 2.33 bits per heavy atom. The Balaban J connectivity index is 2.24. The largest absolute Gasteiger partial charge is 0.327 e. The van der Waals surface area contributed by atoms with Crippen LogP contribution in [0.1, 0.15) is 30.0 Å². The highest BCUT2D eigenvalue weighted by atomic mass is 32.1. The first-order chi connectivity index (χ1) is 5.66. The van der Waals surface area contributed by atoms with E-state index in [1.165, 1.54) is 9.75 Å². The van der Waals surface area contributed by atoms with Crippen molar-refractivity contribution in [1.82, 2.24) is 0 Å². The van der Waals surface area contributed by atoms with Crippen LogP contribution >= 0.6 is 11.3 Å². The van der Waals surface area contributed by atoms with Crippen LogP contribution in [0.3, 0.4) is 0 Å². The molecule has 0 aliphatic heterocycles. The Kier molecular flexibility index (Phi) is 1.77. The van der Waals surface area contributed by atoms with Crippen molar-refractivity contribution in [1.29, 1.82) is 0 Å². The van der Waals surface area contributed by atoms with Gasteiger partial charge >= 0.3 is 0 Å². The van der Waals surface area contributed by atoms with Gasteiger partial charge in [0.2, 0.25) is 0 Å². The Morgan fingerprint density at radius 1 is 1.67 bits per heavy atom. The van der Waals surface area contributed by atoms with E-state index in [0.717, 1.165) is 12.8 Å². The van der Waals surface area contributed by atoms with Crippen LogP contribution in [0, 0.1) is 0 Å². The average Bonchev–Trinajstić information content (AvgIpc) is 2.57. The minimum atomic E-state index is 0.318. The molecule has 1 saturated carbocycles. The third-order valence-electron chi connectivity index (χ3n) is 2.88. The van der Waals surface area contributed by atoms with Crippen molar-refractivity contribution >= 4 is 11.3 Å². The number of thiophene rings is 1. The summed E-state index contributed by atoms with van der Waals surface area (Å²) in [6.45, 7) is 4.47. The molecule has 0 aromatic carbocycles. The molecule has 2 unspecified atom stereocenters. The number of hydrogen-bond acceptors (Lipinski definition) is 2. The molecule has 0 amide bonds. The average molecular weight is 181 g/mol. The number of rotatable bonds is 2. The van der Waals surface area contributed by atoms with Crippen molar-refractivity contribution in [3.8, 4) is 0 Å². The van der Waals surface area contributed by atoms with Gasteiger partial charge in [-0.15, -0.1) is 11.3 Å². The van der Waals surface area contributed by atoms with E-state index in [9.17, 15) is 0 Å². The van der Waals surface area contributed by atoms with Gasteiger partial charge in [0.05, 0.1) is 0 Å². The van der Waals surface area contributed by atoms with Gasteiger partial charge in [0, 0.05) is 21.2 Å². The second-order valence-electron chi connectivity index (χ2n) is 3.85. The predicted octanol–water partition coefficient (Wildman–Crippen LogP) is 2.30. The zero-order valence-electron chi connectivity index (χ0n) is 7.63. The molecule has 1 aromatic rings. The van der Waals surface area contributed by atoms with Gasteiger partial charge in [0.15, 0.2) is 0 Å². The molecule has 0 spiro atoms. The molecule has 66 valence electrons. The molecule has 2 N–H and O–H groups in total. The van der Waals surface area contributed by atoms with Crippen molar-refractivity contribution in [2.24, 2.45) is 5.73 Å². The van der Waals surface area contributed by atoms with Crippen LogP contribution < -0.4 is 5.73 Å². The van der Waals surface area contributed by atoms with Gasteiger partial charge < -0.3 is 5.73 Å². The van der Waals surface area contributed by atoms with Crippen molar-refractivity contribution in [2.45, 2.75) is 38.1 Å². The topological polar surface area (TPSA) is 26.0 Å². The molecule has 1 aliphatic carbocycles. The van der Waals surface area contributed by atoms with Gasteiger partial charge in [0.25, 0.3) is 0 Å². The van der Waals surface area contributed by atoms with Crippen LogP contribution in [0.15, 0.2) is 12.1 Å². The lowest BCUT2D eigenvalue weighted by Crippen LogP contribution is -2.12. The second kappa shape index (κ2) is 2.57. The maximum absolute atomic E-state index is 5.89. The molecule has 0 radical (unpaired) electrons. The van der Waals surface area contributed by atoms with Crippen LogP contribution in [0.25, 0.3) is 0 Å². The molecule has 12 heavy (non-hydrogen) atoms. The summed E-state index contributed by atoms with van der Waals surface area (Å²) >= 11 is 1.93. The quantitative estimate of drug-likeness (QED) is 0.744. The van der Waals surface area contributed by atoms with E-state index in [-0.39, 0.29) is 0 Å². The molecular weight excluding hydrogens is 166 g/mol. The van der Waals surface area contributed by atoms with Crippen LogP contribution in [0.5, 0.6) is 0 Å². The summed E-state index contributed by atoms with van der Waals surface area (Å²) in [5, 5.41) is 0. The van der Waals surface area contributed by atoms with Gasteiger partial charge in [-0.05, 0) is 25.0 Å². The summed E-state index contributed by atoms with van der Waals surface area (Å²) in [7, 11) is 0. The van der Waals surface area contributed by atoms with Gasteiger partial charge in [-0.3, -0.25) is 0 Å². The summed E-state index contributed by atoms with van der Waals surface area (Å²) in [6, 6.07) is 4.88. The van der Waals surface area contributed by atoms with Crippen molar-refractivity contribution in [3.63, 3.8) is 0 Å². The molecule has 1 aromatic heterocycles. The van der Waals surface area contributed by atoms with E-state index < -0.39 is 0 Å². The van der Waals surface area contributed by atoms with Gasteiger partial charge in [0.1, 0.15) is 0 Å². The SMILES string of the molecule is CCc1ccc(C2(C)CC2N)s1. The summed E-state index contributed by atoms with van der Waals surface area (Å²) in [5.74, 6) is 0. The van der Waals surface area contributed by atoms with E-state index in [4.69, 9.17) is 5.73 Å². The first-order valence-electron chi connectivity index (χ1n) is 4.51. The maximum Gasteiger partial charge on any atom is 0.0185 e. The first-order valence-corrected chi connectivity index (χ1v) is 5.33. The third-order valence-corrected chi connectivity index (χ3v) is 4.38. The Labute approximate surface area is 77.6 Å². The predicted molar refractivity (Wildman–Crippen MR) is 53.6 cm³/mol. The molecule has 1 aliphatic rings. The number of aryl methyl sites for hydroxylation is 1. The molecular formula is C10H15NS. The first kappa shape index (κ1) is 8.27. The van der Waals surface area contributed by atoms with E-state index >= 15 is 0 Å². The monoisotopic (exact) mass is 181 g/mol. The van der Waals surface area contributed by atoms with Crippen molar-refractivity contribution in [2.75, 3.05) is 0 Å². The summed E-state index contributed by atoms with van der Waals surface area (Å²) in [6.07, 6.45) is 2.31. The lowest BCUT2D eigenvalue weighted by Gasteiger charge is -2.04. The Morgan fingerprint density at radius 3 is 2.75 bits per heavy atom. The lowest BCUT2D eigenvalue weighted by molar-refractivity contribution is 0.758. The number of hydrogen-bond donors (Lipinski definition) is 1. The van der Waals surface area contributed by atoms with Crippen molar-refractivity contribution in [3.05, 3.63) is 21.9 Å². The fourth-order valence-corrected chi connectivity index (χ4v) is 2.72. The number of nitrogens with two attached hydrogens (primary N) is 1. The molecule has 2 atom stereocenters. The second-order valence-corrected chi connectivity index (χ2v) is 5.02. The van der Waals surface area contributed by atoms with E-state index in [2.05, 4.69) is 26.0 Å². The lowest BCUT2D eigenvalue weighted by atomic mass is 10.1. The van der Waals surface area contributed by atoms with Crippen LogP contribution in [0.4, 0.5) is 0 Å². The van der Waals surface area contributed by atoms with Gasteiger partial charge in [-0.25, -0.2) is 0 Å². The van der Waals surface area contributed by atoms with Gasteiger partial charge in [-0.1, -0.05) is 13.8 Å². The van der Waals surface area contributed by atoms with Crippen LogP contribution in [-0.4, -0.2) is 6.04 Å². The Bertz CT molecular complexity index is 292.